The molecular formula is C17H11BrFN5OS. The number of H-pyrrole nitrogens is 1. The topological polar surface area (TPSA) is 83.6 Å². The molecule has 0 radical (unpaired) electrons. The first-order valence-corrected chi connectivity index (χ1v) is 9.24. The summed E-state index contributed by atoms with van der Waals surface area (Å²) in [6.07, 6.45) is 4.56. The van der Waals surface area contributed by atoms with Gasteiger partial charge >= 0.3 is 0 Å². The summed E-state index contributed by atoms with van der Waals surface area (Å²) in [6.45, 7) is 0. The first-order valence-electron chi connectivity index (χ1n) is 7.56. The van der Waals surface area contributed by atoms with Crippen LogP contribution in [-0.2, 0) is 11.2 Å². The quantitative estimate of drug-likeness (QED) is 0.507. The number of nitrogens with zero attached hydrogens (tertiary/aromatic N) is 3. The van der Waals surface area contributed by atoms with Gasteiger partial charge in [-0.15, -0.1) is 11.3 Å². The standard InChI is InChI=1S/C17H11BrFN5OS/c18-12-7-26-17(15(12)16-21-8-22-24-16)23-14(25)5-10-3-11-6-20-2-1-9(11)4-13(10)19/h1-4,6-8H,5H2,(H,23,25)(H,21,22,24). The third kappa shape index (κ3) is 3.23. The van der Waals surface area contributed by atoms with E-state index >= 15 is 0 Å². The number of thiophene rings is 1. The van der Waals surface area contributed by atoms with Crippen molar-refractivity contribution in [2.75, 3.05) is 5.32 Å². The van der Waals surface area contributed by atoms with Crippen molar-refractivity contribution in [1.82, 2.24) is 20.2 Å². The Hall–Kier alpha value is -2.65. The molecular weight excluding hydrogens is 421 g/mol. The maximum absolute atomic E-state index is 14.3. The molecule has 4 rings (SSSR count). The Balaban J connectivity index is 1.58. The number of hydrogen-bond donors (Lipinski definition) is 2. The lowest BCUT2D eigenvalue weighted by Gasteiger charge is -2.08. The Morgan fingerprint density at radius 1 is 1.35 bits per heavy atom. The molecule has 3 heterocycles. The number of aromatic nitrogens is 4. The number of carbonyl (C=O) groups is 1. The van der Waals surface area contributed by atoms with E-state index in [1.54, 1.807) is 24.5 Å². The molecule has 0 spiro atoms. The number of anilines is 1. The molecule has 0 aliphatic carbocycles. The monoisotopic (exact) mass is 431 g/mol. The van der Waals surface area contributed by atoms with Crippen LogP contribution in [0.3, 0.4) is 0 Å². The molecule has 4 aromatic rings. The van der Waals surface area contributed by atoms with Crippen LogP contribution < -0.4 is 5.32 Å². The van der Waals surface area contributed by atoms with Gasteiger partial charge in [0.25, 0.3) is 0 Å². The minimum absolute atomic E-state index is 0.0813. The Kier molecular flexibility index (Phi) is 4.48. The first-order chi connectivity index (χ1) is 12.6. The van der Waals surface area contributed by atoms with Gasteiger partial charge in [0.05, 0.1) is 12.0 Å². The summed E-state index contributed by atoms with van der Waals surface area (Å²) in [5.74, 6) is -0.194. The van der Waals surface area contributed by atoms with Crippen molar-refractivity contribution in [3.05, 3.63) is 58.2 Å². The van der Waals surface area contributed by atoms with Gasteiger partial charge in [-0.3, -0.25) is 14.9 Å². The number of amides is 1. The summed E-state index contributed by atoms with van der Waals surface area (Å²) in [6, 6.07) is 4.80. The Bertz CT molecular complexity index is 1100. The van der Waals surface area contributed by atoms with Gasteiger partial charge in [-0.2, -0.15) is 5.10 Å². The summed E-state index contributed by atoms with van der Waals surface area (Å²) in [5.41, 5.74) is 1.03. The number of aromatic amines is 1. The molecule has 26 heavy (non-hydrogen) atoms. The molecule has 3 aromatic heterocycles. The number of nitrogens with one attached hydrogen (secondary N) is 2. The van der Waals surface area contributed by atoms with Crippen molar-refractivity contribution in [3.8, 4) is 11.4 Å². The van der Waals surface area contributed by atoms with Crippen molar-refractivity contribution >= 4 is 48.9 Å². The fraction of sp³-hybridized carbons (Fsp3) is 0.0588. The second-order valence-corrected chi connectivity index (χ2v) is 7.25. The van der Waals surface area contributed by atoms with E-state index in [4.69, 9.17) is 0 Å². The highest BCUT2D eigenvalue weighted by atomic mass is 79.9. The Morgan fingerprint density at radius 3 is 3.04 bits per heavy atom. The molecule has 1 aromatic carbocycles. The fourth-order valence-corrected chi connectivity index (χ4v) is 4.24. The van der Waals surface area contributed by atoms with E-state index in [0.29, 0.717) is 22.0 Å². The number of fused-ring (bicyclic) bond motifs is 1. The second-order valence-electron chi connectivity index (χ2n) is 5.51. The molecule has 2 N–H and O–H groups in total. The van der Waals surface area contributed by atoms with Crippen molar-refractivity contribution in [2.24, 2.45) is 0 Å². The van der Waals surface area contributed by atoms with Crippen molar-refractivity contribution in [3.63, 3.8) is 0 Å². The van der Waals surface area contributed by atoms with Crippen LogP contribution in [0.15, 0.2) is 46.8 Å². The molecule has 0 aliphatic rings. The largest absolute Gasteiger partial charge is 0.317 e. The first kappa shape index (κ1) is 16.8. The van der Waals surface area contributed by atoms with Gasteiger partial charge in [-0.1, -0.05) is 0 Å². The van der Waals surface area contributed by atoms with Crippen molar-refractivity contribution in [1.29, 1.82) is 0 Å². The summed E-state index contributed by atoms with van der Waals surface area (Å²) in [7, 11) is 0. The van der Waals surface area contributed by atoms with Gasteiger partial charge in [-0.05, 0) is 45.1 Å². The van der Waals surface area contributed by atoms with Crippen LogP contribution in [0.4, 0.5) is 9.39 Å². The number of pyridine rings is 1. The second kappa shape index (κ2) is 6.93. The molecule has 0 saturated heterocycles. The summed E-state index contributed by atoms with van der Waals surface area (Å²) >= 11 is 4.79. The highest BCUT2D eigenvalue weighted by molar-refractivity contribution is 9.10. The zero-order valence-corrected chi connectivity index (χ0v) is 15.6. The van der Waals surface area contributed by atoms with Gasteiger partial charge < -0.3 is 5.32 Å². The van der Waals surface area contributed by atoms with Gasteiger partial charge in [-0.25, -0.2) is 9.37 Å². The molecule has 0 unspecified atom stereocenters. The van der Waals surface area contributed by atoms with Crippen molar-refractivity contribution in [2.45, 2.75) is 6.42 Å². The van der Waals surface area contributed by atoms with E-state index in [0.717, 1.165) is 15.2 Å². The lowest BCUT2D eigenvalue weighted by atomic mass is 10.1. The number of rotatable bonds is 4. The van der Waals surface area contributed by atoms with Gasteiger partial charge in [0.2, 0.25) is 5.91 Å². The minimum atomic E-state index is -0.415. The van der Waals surface area contributed by atoms with Crippen LogP contribution in [0, 0.1) is 5.82 Å². The molecule has 9 heteroatoms. The van der Waals surface area contributed by atoms with Crippen LogP contribution in [0.5, 0.6) is 0 Å². The average molecular weight is 432 g/mol. The molecule has 0 aliphatic heterocycles. The summed E-state index contributed by atoms with van der Waals surface area (Å²) in [5, 5.41) is 13.4. The zero-order valence-electron chi connectivity index (χ0n) is 13.2. The van der Waals surface area contributed by atoms with Crippen LogP contribution in [0.2, 0.25) is 0 Å². The SMILES string of the molecule is O=C(Cc1cc2cnccc2cc1F)Nc1scc(Br)c1-c1ncn[nH]1. The van der Waals surface area contributed by atoms with Crippen LogP contribution in [-0.4, -0.2) is 26.1 Å². The number of benzene rings is 1. The van der Waals surface area contributed by atoms with E-state index in [2.05, 4.69) is 41.4 Å². The van der Waals surface area contributed by atoms with E-state index in [9.17, 15) is 9.18 Å². The number of carbonyl (C=O) groups excluding carboxylic acids is 1. The van der Waals surface area contributed by atoms with E-state index in [1.165, 1.54) is 23.7 Å². The van der Waals surface area contributed by atoms with Crippen molar-refractivity contribution < 1.29 is 9.18 Å². The third-order valence-corrected chi connectivity index (χ3v) is 5.63. The summed E-state index contributed by atoms with van der Waals surface area (Å²) < 4.78 is 15.1. The smallest absolute Gasteiger partial charge is 0.229 e. The van der Waals surface area contributed by atoms with Gasteiger partial charge in [0, 0.05) is 27.6 Å². The highest BCUT2D eigenvalue weighted by Crippen LogP contribution is 2.38. The molecule has 0 saturated carbocycles. The molecule has 130 valence electrons. The maximum atomic E-state index is 14.3. The number of halogens is 2. The average Bonchev–Trinajstić information content (AvgIpc) is 3.25. The molecule has 6 nitrogen and oxygen atoms in total. The molecule has 0 atom stereocenters. The van der Waals surface area contributed by atoms with Crippen LogP contribution in [0.1, 0.15) is 5.56 Å². The van der Waals surface area contributed by atoms with Gasteiger partial charge in [0.15, 0.2) is 5.82 Å². The third-order valence-electron chi connectivity index (χ3n) is 3.81. The van der Waals surface area contributed by atoms with Gasteiger partial charge in [0.1, 0.15) is 17.1 Å². The normalized spacial score (nSPS) is 11.0. The Labute approximate surface area is 159 Å². The van der Waals surface area contributed by atoms with Crippen LogP contribution in [0.25, 0.3) is 22.2 Å². The highest BCUT2D eigenvalue weighted by Gasteiger charge is 2.18. The lowest BCUT2D eigenvalue weighted by molar-refractivity contribution is -0.115. The fourth-order valence-electron chi connectivity index (χ4n) is 2.61. The van der Waals surface area contributed by atoms with E-state index < -0.39 is 5.82 Å². The minimum Gasteiger partial charge on any atom is -0.317 e. The molecule has 1 amide bonds. The predicted molar refractivity (Wildman–Crippen MR) is 101 cm³/mol. The number of hydrogen-bond acceptors (Lipinski definition) is 5. The zero-order chi connectivity index (χ0) is 18.1. The maximum Gasteiger partial charge on any atom is 0.229 e. The molecule has 0 fully saturated rings. The van der Waals surface area contributed by atoms with E-state index in [1.807, 2.05) is 5.38 Å². The molecule has 0 bridgehead atoms. The Morgan fingerprint density at radius 2 is 2.23 bits per heavy atom. The van der Waals surface area contributed by atoms with E-state index in [-0.39, 0.29) is 12.3 Å². The summed E-state index contributed by atoms with van der Waals surface area (Å²) in [4.78, 5) is 20.6. The lowest BCUT2D eigenvalue weighted by Crippen LogP contribution is -2.15. The predicted octanol–water partition coefficient (Wildman–Crippen LogP) is 4.16. The van der Waals surface area contributed by atoms with Crippen LogP contribution >= 0.6 is 27.3 Å².